The lowest BCUT2D eigenvalue weighted by Crippen LogP contribution is -2.49. The first kappa shape index (κ1) is 18.4. The van der Waals surface area contributed by atoms with Gasteiger partial charge in [0.2, 0.25) is 5.91 Å². The fourth-order valence-electron chi connectivity index (χ4n) is 3.49. The Morgan fingerprint density at radius 1 is 1.04 bits per heavy atom. The van der Waals surface area contributed by atoms with E-state index in [4.69, 9.17) is 10.5 Å². The minimum Gasteiger partial charge on any atom is -0.494 e. The number of piperazine rings is 1. The molecule has 1 unspecified atom stereocenters. The molecule has 2 aromatic rings. The Balaban J connectivity index is 1.57. The largest absolute Gasteiger partial charge is 0.494 e. The number of hydrogen-bond acceptors (Lipinski definition) is 4. The lowest BCUT2D eigenvalue weighted by Gasteiger charge is -2.38. The summed E-state index contributed by atoms with van der Waals surface area (Å²) in [7, 11) is 0. The van der Waals surface area contributed by atoms with Crippen LogP contribution in [-0.4, -0.2) is 48.5 Å². The molecule has 1 aliphatic heterocycles. The van der Waals surface area contributed by atoms with E-state index >= 15 is 0 Å². The summed E-state index contributed by atoms with van der Waals surface area (Å²) in [5, 5.41) is 0. The van der Waals surface area contributed by atoms with E-state index in [0.717, 1.165) is 44.0 Å². The Hall–Kier alpha value is -2.37. The number of amides is 1. The number of benzene rings is 2. The predicted molar refractivity (Wildman–Crippen MR) is 103 cm³/mol. The van der Waals surface area contributed by atoms with Crippen LogP contribution in [0.15, 0.2) is 54.6 Å². The molecule has 2 aromatic carbocycles. The van der Waals surface area contributed by atoms with E-state index < -0.39 is 0 Å². The maximum atomic E-state index is 12.0. The van der Waals surface area contributed by atoms with Crippen molar-refractivity contribution in [3.63, 3.8) is 0 Å². The van der Waals surface area contributed by atoms with E-state index in [2.05, 4.69) is 21.9 Å². The van der Waals surface area contributed by atoms with Crippen LogP contribution >= 0.6 is 0 Å². The van der Waals surface area contributed by atoms with Gasteiger partial charge in [-0.05, 0) is 30.2 Å². The number of rotatable bonds is 7. The lowest BCUT2D eigenvalue weighted by molar-refractivity contribution is -0.124. The van der Waals surface area contributed by atoms with E-state index in [-0.39, 0.29) is 11.9 Å². The first-order chi connectivity index (χ1) is 12.7. The second kappa shape index (κ2) is 8.83. The van der Waals surface area contributed by atoms with Gasteiger partial charge in [0.05, 0.1) is 6.61 Å². The molecular weight excluding hydrogens is 326 g/mol. The molecule has 0 aliphatic carbocycles. The van der Waals surface area contributed by atoms with Crippen molar-refractivity contribution in [2.24, 2.45) is 5.73 Å². The van der Waals surface area contributed by atoms with Gasteiger partial charge in [0.25, 0.3) is 0 Å². The van der Waals surface area contributed by atoms with Crippen LogP contribution in [0.3, 0.4) is 0 Å². The maximum absolute atomic E-state index is 12.0. The van der Waals surface area contributed by atoms with Crippen molar-refractivity contribution in [1.29, 1.82) is 0 Å². The number of ether oxygens (including phenoxy) is 1. The van der Waals surface area contributed by atoms with Crippen LogP contribution in [0.25, 0.3) is 0 Å². The Labute approximate surface area is 155 Å². The molecule has 138 valence electrons. The normalized spacial score (nSPS) is 17.0. The molecule has 1 aliphatic rings. The van der Waals surface area contributed by atoms with Gasteiger partial charge in [-0.3, -0.25) is 14.6 Å². The highest BCUT2D eigenvalue weighted by Gasteiger charge is 2.28. The van der Waals surface area contributed by atoms with E-state index in [0.29, 0.717) is 6.61 Å². The predicted octanol–water partition coefficient (Wildman–Crippen LogP) is 2.43. The molecule has 26 heavy (non-hydrogen) atoms. The number of hydrogen-bond donors (Lipinski definition) is 1. The minimum atomic E-state index is -0.344. The monoisotopic (exact) mass is 353 g/mol. The van der Waals surface area contributed by atoms with Crippen LogP contribution in [0.5, 0.6) is 5.75 Å². The van der Waals surface area contributed by atoms with Crippen LogP contribution in [0.1, 0.15) is 24.1 Å². The molecular formula is C21H27N3O2. The Kier molecular flexibility index (Phi) is 6.26. The number of carbonyl (C=O) groups excluding carboxylic acids is 1. The summed E-state index contributed by atoms with van der Waals surface area (Å²) in [6.07, 6.45) is 0. The average Bonchev–Trinajstić information content (AvgIpc) is 2.66. The van der Waals surface area contributed by atoms with Gasteiger partial charge in [-0.15, -0.1) is 0 Å². The van der Waals surface area contributed by atoms with Crippen LogP contribution < -0.4 is 10.5 Å². The third-order valence-corrected chi connectivity index (χ3v) is 4.80. The third-order valence-electron chi connectivity index (χ3n) is 4.80. The van der Waals surface area contributed by atoms with Gasteiger partial charge in [-0.25, -0.2) is 0 Å². The number of carbonyl (C=O) groups is 1. The molecule has 1 heterocycles. The molecule has 0 spiro atoms. The van der Waals surface area contributed by atoms with Crippen LogP contribution in [0.2, 0.25) is 0 Å². The first-order valence-electron chi connectivity index (χ1n) is 9.19. The molecule has 5 nitrogen and oxygen atoms in total. The molecule has 1 saturated heterocycles. The Bertz CT molecular complexity index is 695. The van der Waals surface area contributed by atoms with Crippen molar-refractivity contribution >= 4 is 5.91 Å². The quantitative estimate of drug-likeness (QED) is 0.831. The van der Waals surface area contributed by atoms with Crippen LogP contribution in [-0.2, 0) is 11.3 Å². The molecule has 3 rings (SSSR count). The standard InChI is InChI=1S/C21H27N3O2/c1-2-26-19-10-8-17(9-11-19)16-23-12-14-24(15-13-23)20(21(22)25)18-6-4-3-5-7-18/h3-11,20H,2,12-16H2,1H3,(H2,22,25). The van der Waals surface area contributed by atoms with E-state index in [9.17, 15) is 4.79 Å². The van der Waals surface area contributed by atoms with Gasteiger partial charge in [0, 0.05) is 32.7 Å². The first-order valence-corrected chi connectivity index (χ1v) is 9.19. The van der Waals surface area contributed by atoms with Gasteiger partial charge in [0.15, 0.2) is 0 Å². The van der Waals surface area contributed by atoms with Gasteiger partial charge >= 0.3 is 0 Å². The molecule has 0 bridgehead atoms. The van der Waals surface area contributed by atoms with Crippen molar-refractivity contribution in [2.45, 2.75) is 19.5 Å². The van der Waals surface area contributed by atoms with Gasteiger partial charge in [-0.2, -0.15) is 0 Å². The van der Waals surface area contributed by atoms with Crippen molar-refractivity contribution in [3.05, 3.63) is 65.7 Å². The average molecular weight is 353 g/mol. The Morgan fingerprint density at radius 2 is 1.69 bits per heavy atom. The van der Waals surface area contributed by atoms with E-state index in [1.807, 2.05) is 49.4 Å². The zero-order valence-corrected chi connectivity index (χ0v) is 15.3. The molecule has 1 fully saturated rings. The Morgan fingerprint density at radius 3 is 2.27 bits per heavy atom. The second-order valence-electron chi connectivity index (χ2n) is 6.60. The van der Waals surface area contributed by atoms with Crippen molar-refractivity contribution in [1.82, 2.24) is 9.80 Å². The lowest BCUT2D eigenvalue weighted by atomic mass is 10.0. The van der Waals surface area contributed by atoms with Crippen molar-refractivity contribution in [2.75, 3.05) is 32.8 Å². The molecule has 2 N–H and O–H groups in total. The highest BCUT2D eigenvalue weighted by Crippen LogP contribution is 2.22. The maximum Gasteiger partial charge on any atom is 0.239 e. The zero-order valence-electron chi connectivity index (χ0n) is 15.3. The van der Waals surface area contributed by atoms with Crippen molar-refractivity contribution in [3.8, 4) is 5.75 Å². The van der Waals surface area contributed by atoms with Gasteiger partial charge < -0.3 is 10.5 Å². The number of nitrogens with zero attached hydrogens (tertiary/aromatic N) is 2. The summed E-state index contributed by atoms with van der Waals surface area (Å²) in [5.74, 6) is 0.629. The van der Waals surface area contributed by atoms with Crippen LogP contribution in [0, 0.1) is 0 Å². The van der Waals surface area contributed by atoms with Gasteiger partial charge in [0.1, 0.15) is 11.8 Å². The van der Waals surface area contributed by atoms with E-state index in [1.54, 1.807) is 0 Å². The van der Waals surface area contributed by atoms with Crippen LogP contribution in [0.4, 0.5) is 0 Å². The fraction of sp³-hybridized carbons (Fsp3) is 0.381. The summed E-state index contributed by atoms with van der Waals surface area (Å²) in [6, 6.07) is 17.7. The summed E-state index contributed by atoms with van der Waals surface area (Å²) >= 11 is 0. The summed E-state index contributed by atoms with van der Waals surface area (Å²) in [5.41, 5.74) is 7.94. The number of primary amides is 1. The summed E-state index contributed by atoms with van der Waals surface area (Å²) in [4.78, 5) is 16.6. The molecule has 0 radical (unpaired) electrons. The minimum absolute atomic E-state index is 0.281. The fourth-order valence-corrected chi connectivity index (χ4v) is 3.49. The summed E-state index contributed by atoms with van der Waals surface area (Å²) in [6.45, 7) is 7.09. The van der Waals surface area contributed by atoms with Gasteiger partial charge in [-0.1, -0.05) is 42.5 Å². The molecule has 5 heteroatoms. The molecule has 0 aromatic heterocycles. The van der Waals surface area contributed by atoms with E-state index in [1.165, 1.54) is 5.56 Å². The zero-order chi connectivity index (χ0) is 18.4. The topological polar surface area (TPSA) is 58.8 Å². The SMILES string of the molecule is CCOc1ccc(CN2CCN(C(C(N)=O)c3ccccc3)CC2)cc1. The third kappa shape index (κ3) is 4.62. The highest BCUT2D eigenvalue weighted by molar-refractivity contribution is 5.81. The second-order valence-corrected chi connectivity index (χ2v) is 6.60. The molecule has 1 amide bonds. The molecule has 1 atom stereocenters. The highest BCUT2D eigenvalue weighted by atomic mass is 16.5. The van der Waals surface area contributed by atoms with Crippen molar-refractivity contribution < 1.29 is 9.53 Å². The summed E-state index contributed by atoms with van der Waals surface area (Å²) < 4.78 is 5.49. The smallest absolute Gasteiger partial charge is 0.239 e. The molecule has 0 saturated carbocycles. The number of nitrogens with two attached hydrogens (primary N) is 1.